The van der Waals surface area contributed by atoms with Crippen molar-refractivity contribution in [3.05, 3.63) is 12.2 Å². The van der Waals surface area contributed by atoms with E-state index in [1.54, 1.807) is 0 Å². The average molecular weight is 184 g/mol. The van der Waals surface area contributed by atoms with E-state index in [4.69, 9.17) is 10.2 Å². The normalized spacial score (nSPS) is 28.4. The summed E-state index contributed by atoms with van der Waals surface area (Å²) in [5.74, 6) is -0.384. The number of aliphatic hydroxyl groups excluding tert-OH is 1. The fraction of sp³-hybridized carbons (Fsp3) is 0.700. The van der Waals surface area contributed by atoms with Crippen molar-refractivity contribution in [2.75, 3.05) is 6.61 Å². The molecule has 0 amide bonds. The zero-order valence-electron chi connectivity index (χ0n) is 7.70. The highest BCUT2D eigenvalue weighted by atomic mass is 16.4. The van der Waals surface area contributed by atoms with Gasteiger partial charge < -0.3 is 10.2 Å². The van der Waals surface area contributed by atoms with E-state index in [-0.39, 0.29) is 12.5 Å². The molecule has 1 fully saturated rings. The molecule has 0 aromatic rings. The second kappa shape index (κ2) is 4.42. The third-order valence-corrected chi connectivity index (χ3v) is 2.87. The molecule has 0 saturated heterocycles. The van der Waals surface area contributed by atoms with Gasteiger partial charge in [0, 0.05) is 12.2 Å². The number of carboxylic acids is 1. The summed E-state index contributed by atoms with van der Waals surface area (Å²) in [6.45, 7) is 3.80. The van der Waals surface area contributed by atoms with E-state index in [1.807, 2.05) is 0 Å². The molecular formula is C10H16O3. The minimum absolute atomic E-state index is 0.125. The maximum absolute atomic E-state index is 10.6. The van der Waals surface area contributed by atoms with E-state index in [1.165, 1.54) is 0 Å². The standard InChI is InChI=1S/C10H16O3/c1-7(10(12)13)9-4-2-8(6-11)3-5-9/h8-9,11H,1-6H2,(H,12,13). The van der Waals surface area contributed by atoms with Gasteiger partial charge in [0.1, 0.15) is 0 Å². The van der Waals surface area contributed by atoms with Gasteiger partial charge in [-0.1, -0.05) is 6.58 Å². The highest BCUT2D eigenvalue weighted by Gasteiger charge is 2.25. The monoisotopic (exact) mass is 184 g/mol. The minimum Gasteiger partial charge on any atom is -0.478 e. The van der Waals surface area contributed by atoms with Crippen molar-refractivity contribution in [3.8, 4) is 0 Å². The predicted molar refractivity (Wildman–Crippen MR) is 49.3 cm³/mol. The molecule has 1 saturated carbocycles. The molecule has 0 bridgehead atoms. The zero-order chi connectivity index (χ0) is 9.84. The Labute approximate surface area is 78.1 Å². The molecule has 0 atom stereocenters. The quantitative estimate of drug-likeness (QED) is 0.652. The van der Waals surface area contributed by atoms with Crippen LogP contribution in [0.4, 0.5) is 0 Å². The van der Waals surface area contributed by atoms with Crippen LogP contribution in [0.3, 0.4) is 0 Å². The predicted octanol–water partition coefficient (Wildman–Crippen LogP) is 1.43. The smallest absolute Gasteiger partial charge is 0.331 e. The zero-order valence-corrected chi connectivity index (χ0v) is 7.70. The fourth-order valence-corrected chi connectivity index (χ4v) is 1.87. The van der Waals surface area contributed by atoms with Crippen LogP contribution in [0.5, 0.6) is 0 Å². The molecule has 0 aromatic heterocycles. The Hall–Kier alpha value is -0.830. The Morgan fingerprint density at radius 3 is 2.23 bits per heavy atom. The minimum atomic E-state index is -0.882. The molecule has 0 spiro atoms. The lowest BCUT2D eigenvalue weighted by Crippen LogP contribution is -2.21. The van der Waals surface area contributed by atoms with Crippen molar-refractivity contribution >= 4 is 5.97 Å². The Kier molecular flexibility index (Phi) is 3.48. The van der Waals surface area contributed by atoms with Gasteiger partial charge in [-0.2, -0.15) is 0 Å². The van der Waals surface area contributed by atoms with Crippen LogP contribution in [0.15, 0.2) is 12.2 Å². The molecule has 1 aliphatic rings. The third-order valence-electron chi connectivity index (χ3n) is 2.87. The van der Waals surface area contributed by atoms with Crippen molar-refractivity contribution in [1.29, 1.82) is 0 Å². The summed E-state index contributed by atoms with van der Waals surface area (Å²) in [5, 5.41) is 17.6. The molecule has 1 rings (SSSR count). The number of hydrogen-bond acceptors (Lipinski definition) is 2. The number of rotatable bonds is 3. The molecule has 0 unspecified atom stereocenters. The van der Waals surface area contributed by atoms with Crippen LogP contribution in [0, 0.1) is 11.8 Å². The van der Waals surface area contributed by atoms with E-state index in [9.17, 15) is 4.79 Å². The first-order valence-electron chi connectivity index (χ1n) is 4.68. The maximum atomic E-state index is 10.6. The Morgan fingerprint density at radius 1 is 1.31 bits per heavy atom. The fourth-order valence-electron chi connectivity index (χ4n) is 1.87. The molecule has 13 heavy (non-hydrogen) atoms. The topological polar surface area (TPSA) is 57.5 Å². The molecule has 0 radical (unpaired) electrons. The van der Waals surface area contributed by atoms with E-state index in [0.29, 0.717) is 11.5 Å². The lowest BCUT2D eigenvalue weighted by atomic mass is 9.79. The van der Waals surface area contributed by atoms with E-state index in [0.717, 1.165) is 25.7 Å². The van der Waals surface area contributed by atoms with Gasteiger partial charge in [0.25, 0.3) is 0 Å². The number of carboxylic acid groups (broad SMARTS) is 1. The van der Waals surface area contributed by atoms with Gasteiger partial charge in [-0.3, -0.25) is 0 Å². The molecule has 2 N–H and O–H groups in total. The summed E-state index contributed by atoms with van der Waals surface area (Å²) < 4.78 is 0. The van der Waals surface area contributed by atoms with Crippen molar-refractivity contribution in [3.63, 3.8) is 0 Å². The number of aliphatic hydroxyl groups is 1. The van der Waals surface area contributed by atoms with Crippen LogP contribution in [0.2, 0.25) is 0 Å². The van der Waals surface area contributed by atoms with Gasteiger partial charge in [-0.15, -0.1) is 0 Å². The van der Waals surface area contributed by atoms with Crippen LogP contribution >= 0.6 is 0 Å². The van der Waals surface area contributed by atoms with Gasteiger partial charge in [0.2, 0.25) is 0 Å². The lowest BCUT2D eigenvalue weighted by molar-refractivity contribution is -0.133. The molecule has 3 nitrogen and oxygen atoms in total. The first-order valence-corrected chi connectivity index (χ1v) is 4.68. The van der Waals surface area contributed by atoms with Crippen LogP contribution in [0.1, 0.15) is 25.7 Å². The van der Waals surface area contributed by atoms with Gasteiger partial charge in [-0.25, -0.2) is 4.79 Å². The summed E-state index contributed by atoms with van der Waals surface area (Å²) in [4.78, 5) is 10.6. The Balaban J connectivity index is 2.41. The number of aliphatic carboxylic acids is 1. The molecule has 1 aliphatic carbocycles. The third kappa shape index (κ3) is 2.56. The largest absolute Gasteiger partial charge is 0.478 e. The molecule has 0 heterocycles. The highest BCUT2D eigenvalue weighted by Crippen LogP contribution is 2.32. The average Bonchev–Trinajstić information content (AvgIpc) is 2.17. The molecule has 0 aliphatic heterocycles. The van der Waals surface area contributed by atoms with Crippen molar-refractivity contribution in [2.24, 2.45) is 11.8 Å². The number of hydrogen-bond donors (Lipinski definition) is 2. The van der Waals surface area contributed by atoms with E-state index < -0.39 is 5.97 Å². The van der Waals surface area contributed by atoms with Gasteiger partial charge in [-0.05, 0) is 37.5 Å². The summed E-state index contributed by atoms with van der Waals surface area (Å²) in [5.41, 5.74) is 0.330. The van der Waals surface area contributed by atoms with Gasteiger partial charge in [0.15, 0.2) is 0 Å². The van der Waals surface area contributed by atoms with Crippen molar-refractivity contribution in [2.45, 2.75) is 25.7 Å². The van der Waals surface area contributed by atoms with E-state index >= 15 is 0 Å². The van der Waals surface area contributed by atoms with Crippen molar-refractivity contribution in [1.82, 2.24) is 0 Å². The van der Waals surface area contributed by atoms with Crippen LogP contribution in [-0.4, -0.2) is 22.8 Å². The second-order valence-electron chi connectivity index (χ2n) is 3.73. The second-order valence-corrected chi connectivity index (χ2v) is 3.73. The highest BCUT2D eigenvalue weighted by molar-refractivity contribution is 5.86. The first-order chi connectivity index (χ1) is 6.15. The summed E-state index contributed by atoms with van der Waals surface area (Å²) >= 11 is 0. The molecule has 74 valence electrons. The van der Waals surface area contributed by atoms with Crippen molar-refractivity contribution < 1.29 is 15.0 Å². The van der Waals surface area contributed by atoms with E-state index in [2.05, 4.69) is 6.58 Å². The van der Waals surface area contributed by atoms with Crippen LogP contribution < -0.4 is 0 Å². The van der Waals surface area contributed by atoms with Gasteiger partial charge >= 0.3 is 5.97 Å². The Morgan fingerprint density at radius 2 is 1.85 bits per heavy atom. The Bertz CT molecular complexity index is 202. The lowest BCUT2D eigenvalue weighted by Gasteiger charge is -2.27. The van der Waals surface area contributed by atoms with Crippen LogP contribution in [-0.2, 0) is 4.79 Å². The molecular weight excluding hydrogens is 168 g/mol. The number of carbonyl (C=O) groups is 1. The summed E-state index contributed by atoms with van der Waals surface area (Å²) in [6.07, 6.45) is 3.56. The maximum Gasteiger partial charge on any atom is 0.331 e. The summed E-state index contributed by atoms with van der Waals surface area (Å²) in [6, 6.07) is 0. The summed E-state index contributed by atoms with van der Waals surface area (Å²) in [7, 11) is 0. The first kappa shape index (κ1) is 10.3. The van der Waals surface area contributed by atoms with Gasteiger partial charge in [0.05, 0.1) is 0 Å². The molecule has 3 heteroatoms. The SMILES string of the molecule is C=C(C(=O)O)C1CCC(CO)CC1. The van der Waals surface area contributed by atoms with Crippen LogP contribution in [0.25, 0.3) is 0 Å². The molecule has 0 aromatic carbocycles.